The number of carboxylic acid groups (broad SMARTS) is 2. The second-order valence-corrected chi connectivity index (χ2v) is 13.9. The maximum absolute atomic E-state index is 14.1. The summed E-state index contributed by atoms with van der Waals surface area (Å²) in [5.41, 5.74) is 5.91. The third-order valence-electron chi connectivity index (χ3n) is 9.00. The molecule has 2 rings (SSSR count). The van der Waals surface area contributed by atoms with Crippen molar-refractivity contribution in [3.8, 4) is 0 Å². The van der Waals surface area contributed by atoms with E-state index in [9.17, 15) is 48.6 Å². The van der Waals surface area contributed by atoms with Crippen LogP contribution in [-0.2, 0) is 44.8 Å². The highest BCUT2D eigenvalue weighted by molar-refractivity contribution is 5.97. The van der Waals surface area contributed by atoms with Crippen molar-refractivity contribution in [3.63, 3.8) is 0 Å². The van der Waals surface area contributed by atoms with Gasteiger partial charge in [0.25, 0.3) is 0 Å². The van der Waals surface area contributed by atoms with Gasteiger partial charge >= 0.3 is 11.9 Å². The maximum atomic E-state index is 14.1. The molecule has 16 heteroatoms. The summed E-state index contributed by atoms with van der Waals surface area (Å²) >= 11 is 0. The van der Waals surface area contributed by atoms with Crippen LogP contribution in [0.25, 0.3) is 0 Å². The molecule has 0 unspecified atom stereocenters. The molecule has 0 aliphatic heterocycles. The van der Waals surface area contributed by atoms with Gasteiger partial charge in [-0.25, -0.2) is 4.79 Å². The average Bonchev–Trinajstić information content (AvgIpc) is 3.07. The van der Waals surface area contributed by atoms with Crippen molar-refractivity contribution in [3.05, 3.63) is 35.9 Å². The van der Waals surface area contributed by atoms with Gasteiger partial charge in [-0.05, 0) is 36.7 Å². The van der Waals surface area contributed by atoms with Gasteiger partial charge in [-0.2, -0.15) is 0 Å². The molecular formula is C36H54N6O10. The van der Waals surface area contributed by atoms with Crippen LogP contribution >= 0.6 is 0 Å². The molecular weight excluding hydrogens is 676 g/mol. The van der Waals surface area contributed by atoms with E-state index in [4.69, 9.17) is 5.73 Å². The van der Waals surface area contributed by atoms with E-state index in [2.05, 4.69) is 21.3 Å². The zero-order chi connectivity index (χ0) is 39.0. The number of amides is 6. The van der Waals surface area contributed by atoms with Gasteiger partial charge in [0.05, 0.1) is 6.42 Å². The van der Waals surface area contributed by atoms with Crippen LogP contribution in [-0.4, -0.2) is 99.8 Å². The summed E-state index contributed by atoms with van der Waals surface area (Å²) in [6, 6.07) is 2.01. The predicted octanol–water partition coefficient (Wildman–Crippen LogP) is 0.857. The Bertz CT molecular complexity index is 1420. The molecule has 5 atom stereocenters. The molecule has 0 heterocycles. The Morgan fingerprint density at radius 3 is 1.92 bits per heavy atom. The smallest absolute Gasteiger partial charge is 0.326 e. The third kappa shape index (κ3) is 15.1. The molecule has 288 valence electrons. The van der Waals surface area contributed by atoms with Crippen LogP contribution in [0, 0.1) is 11.8 Å². The Labute approximate surface area is 304 Å². The minimum Gasteiger partial charge on any atom is -0.481 e. The van der Waals surface area contributed by atoms with Gasteiger partial charge in [0, 0.05) is 26.8 Å². The number of carbonyl (C=O) groups excluding carboxylic acids is 6. The molecule has 0 aromatic heterocycles. The van der Waals surface area contributed by atoms with Crippen LogP contribution in [0.2, 0.25) is 0 Å². The van der Waals surface area contributed by atoms with Gasteiger partial charge in [-0.15, -0.1) is 0 Å². The highest BCUT2D eigenvalue weighted by atomic mass is 16.4. The fourth-order valence-electron chi connectivity index (χ4n) is 6.31. The Morgan fingerprint density at radius 1 is 0.808 bits per heavy atom. The number of hydrogen-bond acceptors (Lipinski definition) is 8. The Hall–Kier alpha value is -5.02. The summed E-state index contributed by atoms with van der Waals surface area (Å²) in [6.07, 6.45) is 3.46. The molecule has 0 bridgehead atoms. The normalized spacial score (nSPS) is 15.9. The van der Waals surface area contributed by atoms with Crippen molar-refractivity contribution < 1.29 is 48.6 Å². The molecule has 1 aliphatic carbocycles. The van der Waals surface area contributed by atoms with Crippen LogP contribution < -0.4 is 27.0 Å². The SMILES string of the molecule is CC(=O)N[C@@H](CCC(N)=O)C(=O)N[C@@H](CC1CCCCC1)C(=O)N(C)[C@@H](CC(=O)O)C(=O)N[C@@H](CC(C)C)C(=O)N[C@@H](Cc1ccccc1)C(=O)O. The number of benzene rings is 1. The van der Waals surface area contributed by atoms with Crippen molar-refractivity contribution in [1.82, 2.24) is 26.2 Å². The molecule has 6 amide bonds. The van der Waals surface area contributed by atoms with Crippen LogP contribution in [0.5, 0.6) is 0 Å². The summed E-state index contributed by atoms with van der Waals surface area (Å²) in [5, 5.41) is 29.7. The summed E-state index contributed by atoms with van der Waals surface area (Å²) in [4.78, 5) is 103. The molecule has 0 spiro atoms. The van der Waals surface area contributed by atoms with E-state index in [-0.39, 0.29) is 43.9 Å². The summed E-state index contributed by atoms with van der Waals surface area (Å²) in [5.74, 6) is -7.36. The van der Waals surface area contributed by atoms with Gasteiger partial charge in [0.15, 0.2) is 0 Å². The molecule has 1 fully saturated rings. The van der Waals surface area contributed by atoms with E-state index in [0.29, 0.717) is 5.56 Å². The lowest BCUT2D eigenvalue weighted by Gasteiger charge is -2.34. The lowest BCUT2D eigenvalue weighted by Crippen LogP contribution is -2.60. The van der Waals surface area contributed by atoms with E-state index in [1.165, 1.54) is 14.0 Å². The minimum atomic E-state index is -1.63. The Balaban J connectivity index is 2.36. The van der Waals surface area contributed by atoms with Crippen LogP contribution in [0.4, 0.5) is 0 Å². The summed E-state index contributed by atoms with van der Waals surface area (Å²) in [7, 11) is 1.23. The Morgan fingerprint density at radius 2 is 1.38 bits per heavy atom. The highest BCUT2D eigenvalue weighted by Gasteiger charge is 2.38. The molecule has 8 N–H and O–H groups in total. The molecule has 1 aromatic rings. The van der Waals surface area contributed by atoms with Crippen molar-refractivity contribution in [2.75, 3.05) is 7.05 Å². The van der Waals surface area contributed by atoms with Gasteiger partial charge in [0.2, 0.25) is 35.4 Å². The lowest BCUT2D eigenvalue weighted by molar-refractivity contribution is -0.148. The second kappa shape index (κ2) is 21.4. The van der Waals surface area contributed by atoms with Crippen molar-refractivity contribution >= 4 is 47.4 Å². The topological polar surface area (TPSA) is 254 Å². The molecule has 1 aliphatic rings. The van der Waals surface area contributed by atoms with Gasteiger partial charge in [-0.3, -0.25) is 33.6 Å². The number of nitrogens with zero attached hydrogens (tertiary/aromatic N) is 1. The first-order valence-corrected chi connectivity index (χ1v) is 17.7. The van der Waals surface area contributed by atoms with Crippen LogP contribution in [0.1, 0.15) is 90.5 Å². The fraction of sp³-hybridized carbons (Fsp3) is 0.611. The quantitative estimate of drug-likeness (QED) is 0.0939. The van der Waals surface area contributed by atoms with Gasteiger partial charge < -0.3 is 42.1 Å². The fourth-order valence-corrected chi connectivity index (χ4v) is 6.31. The van der Waals surface area contributed by atoms with E-state index in [1.807, 2.05) is 0 Å². The zero-order valence-electron chi connectivity index (χ0n) is 30.4. The lowest BCUT2D eigenvalue weighted by atomic mass is 9.84. The number of carbonyl (C=O) groups is 8. The van der Waals surface area contributed by atoms with Crippen LogP contribution in [0.15, 0.2) is 30.3 Å². The third-order valence-corrected chi connectivity index (χ3v) is 9.00. The van der Waals surface area contributed by atoms with Crippen molar-refractivity contribution in [2.24, 2.45) is 17.6 Å². The van der Waals surface area contributed by atoms with E-state index < -0.39 is 84.0 Å². The van der Waals surface area contributed by atoms with Crippen molar-refractivity contribution in [1.29, 1.82) is 0 Å². The van der Waals surface area contributed by atoms with Gasteiger partial charge in [-0.1, -0.05) is 76.3 Å². The number of hydrogen-bond donors (Lipinski definition) is 7. The number of rotatable bonds is 21. The molecule has 0 radical (unpaired) electrons. The Kier molecular flexibility index (Phi) is 17.7. The maximum Gasteiger partial charge on any atom is 0.326 e. The zero-order valence-corrected chi connectivity index (χ0v) is 30.4. The summed E-state index contributed by atoms with van der Waals surface area (Å²) in [6.45, 7) is 4.76. The first-order valence-electron chi connectivity index (χ1n) is 17.7. The first kappa shape index (κ1) is 43.1. The second-order valence-electron chi connectivity index (χ2n) is 13.9. The molecule has 0 saturated heterocycles. The standard InChI is InChI=1S/C36H54N6O10/c1-21(2)17-26(33(48)41-28(36(51)52)19-24-13-9-6-10-14-24)39-34(49)29(20-31(45)46)42(4)35(50)27(18-23-11-7-5-8-12-23)40-32(47)25(38-22(3)43)15-16-30(37)44/h6,9-10,13-14,21,23,25-29H,5,7-8,11-12,15-20H2,1-4H3,(H2,37,44)(H,38,43)(H,39,49)(H,40,47)(H,41,48)(H,45,46)(H,51,52)/t25-,26-,27-,28-,29-/m0/s1. The first-order chi connectivity index (χ1) is 24.5. The van der Waals surface area contributed by atoms with Gasteiger partial charge in [0.1, 0.15) is 30.2 Å². The minimum absolute atomic E-state index is 0.0252. The number of aliphatic carboxylic acids is 2. The predicted molar refractivity (Wildman–Crippen MR) is 189 cm³/mol. The molecule has 1 saturated carbocycles. The van der Waals surface area contributed by atoms with Crippen molar-refractivity contribution in [2.45, 2.75) is 122 Å². The molecule has 1 aromatic carbocycles. The summed E-state index contributed by atoms with van der Waals surface area (Å²) < 4.78 is 0. The number of nitrogens with one attached hydrogen (secondary N) is 4. The molecule has 16 nitrogen and oxygen atoms in total. The van der Waals surface area contributed by atoms with E-state index in [1.54, 1.807) is 44.2 Å². The van der Waals surface area contributed by atoms with Crippen LogP contribution in [0.3, 0.4) is 0 Å². The largest absolute Gasteiger partial charge is 0.481 e. The average molecular weight is 731 g/mol. The van der Waals surface area contributed by atoms with E-state index >= 15 is 0 Å². The number of primary amides is 1. The number of carboxylic acids is 2. The van der Waals surface area contributed by atoms with E-state index in [0.717, 1.165) is 37.0 Å². The highest BCUT2D eigenvalue weighted by Crippen LogP contribution is 2.28. The molecule has 52 heavy (non-hydrogen) atoms. The number of nitrogens with two attached hydrogens (primary N) is 1. The monoisotopic (exact) mass is 730 g/mol. The number of likely N-dealkylation sites (N-methyl/N-ethyl adjacent to an activating group) is 1.